The lowest BCUT2D eigenvalue weighted by Crippen LogP contribution is -2.40. The molecule has 0 unspecified atom stereocenters. The molecule has 0 aliphatic heterocycles. The standard InChI is InChI=1S/C21H16F3N7O4/c1-4-12-5-6-14(27-17(12)21(22,23)24)26-15(32)9-30-10-25-18-16(30)19(33)31(20(34)29(18)3)8-13-7-11(2)35-28-13/h1,5-7,10H,8-9H2,2-3H3,(H,26,27,32). The number of terminal acetylenes is 1. The Morgan fingerprint density at radius 3 is 2.66 bits per heavy atom. The van der Waals surface area contributed by atoms with Crippen LogP contribution in [-0.4, -0.2) is 34.7 Å². The zero-order valence-corrected chi connectivity index (χ0v) is 18.3. The molecule has 4 rings (SSSR count). The number of hydrogen-bond acceptors (Lipinski definition) is 7. The molecule has 0 saturated heterocycles. The van der Waals surface area contributed by atoms with Gasteiger partial charge in [-0.25, -0.2) is 14.8 Å². The van der Waals surface area contributed by atoms with E-state index in [2.05, 4.69) is 20.4 Å². The maximum atomic E-state index is 13.2. The smallest absolute Gasteiger partial charge is 0.361 e. The summed E-state index contributed by atoms with van der Waals surface area (Å²) in [6.45, 7) is 0.982. The number of amides is 1. The number of carbonyl (C=O) groups excluding carboxylic acids is 1. The van der Waals surface area contributed by atoms with Crippen LogP contribution in [0.15, 0.2) is 38.6 Å². The minimum Gasteiger partial charge on any atom is -0.361 e. The number of alkyl halides is 3. The van der Waals surface area contributed by atoms with Crippen LogP contribution in [0.1, 0.15) is 22.7 Å². The van der Waals surface area contributed by atoms with E-state index >= 15 is 0 Å². The van der Waals surface area contributed by atoms with Crippen LogP contribution >= 0.6 is 0 Å². The van der Waals surface area contributed by atoms with E-state index < -0.39 is 41.1 Å². The van der Waals surface area contributed by atoms with Crippen LogP contribution in [0.2, 0.25) is 0 Å². The maximum absolute atomic E-state index is 13.2. The number of nitrogens with one attached hydrogen (secondary N) is 1. The van der Waals surface area contributed by atoms with E-state index in [1.54, 1.807) is 13.0 Å². The summed E-state index contributed by atoms with van der Waals surface area (Å²) < 4.78 is 47.7. The highest BCUT2D eigenvalue weighted by Gasteiger charge is 2.35. The van der Waals surface area contributed by atoms with Gasteiger partial charge in [-0.05, 0) is 19.1 Å². The Hall–Kier alpha value is -4.67. The SMILES string of the molecule is C#Cc1ccc(NC(=O)Cn2cnc3c2c(=O)n(Cc2cc(C)on2)c(=O)n3C)nc1C(F)(F)F. The van der Waals surface area contributed by atoms with E-state index in [0.29, 0.717) is 11.5 Å². The number of aromatic nitrogens is 6. The van der Waals surface area contributed by atoms with Crippen molar-refractivity contribution in [1.29, 1.82) is 0 Å². The van der Waals surface area contributed by atoms with Crippen LogP contribution < -0.4 is 16.6 Å². The highest BCUT2D eigenvalue weighted by molar-refractivity contribution is 5.90. The second-order valence-corrected chi connectivity index (χ2v) is 7.49. The molecule has 0 aliphatic carbocycles. The summed E-state index contributed by atoms with van der Waals surface area (Å²) in [7, 11) is 1.40. The van der Waals surface area contributed by atoms with Crippen LogP contribution in [0, 0.1) is 19.3 Å². The molecule has 4 aromatic heterocycles. The first-order valence-corrected chi connectivity index (χ1v) is 9.91. The number of halogens is 3. The molecular formula is C21H16F3N7O4. The van der Waals surface area contributed by atoms with Gasteiger partial charge in [0.2, 0.25) is 5.91 Å². The number of hydrogen-bond donors (Lipinski definition) is 1. The van der Waals surface area contributed by atoms with Crippen molar-refractivity contribution in [2.45, 2.75) is 26.2 Å². The molecule has 0 spiro atoms. The van der Waals surface area contributed by atoms with Crippen LogP contribution in [-0.2, 0) is 31.1 Å². The fourth-order valence-electron chi connectivity index (χ4n) is 3.43. The lowest BCUT2D eigenvalue weighted by atomic mass is 10.2. The summed E-state index contributed by atoms with van der Waals surface area (Å²) in [4.78, 5) is 45.8. The third-order valence-electron chi connectivity index (χ3n) is 5.00. The molecule has 14 heteroatoms. The summed E-state index contributed by atoms with van der Waals surface area (Å²) in [5.41, 5.74) is -2.87. The van der Waals surface area contributed by atoms with Gasteiger partial charge in [0.1, 0.15) is 23.8 Å². The predicted octanol–water partition coefficient (Wildman–Crippen LogP) is 1.28. The van der Waals surface area contributed by atoms with Gasteiger partial charge in [0.25, 0.3) is 5.56 Å². The number of imidazole rings is 1. The van der Waals surface area contributed by atoms with Gasteiger partial charge in [-0.2, -0.15) is 13.2 Å². The number of rotatable bonds is 5. The number of aryl methyl sites for hydroxylation is 2. The first-order valence-electron chi connectivity index (χ1n) is 9.91. The Labute approximate surface area is 193 Å². The molecule has 0 aliphatic rings. The lowest BCUT2D eigenvalue weighted by molar-refractivity contribution is -0.141. The van der Waals surface area contributed by atoms with E-state index in [1.165, 1.54) is 17.9 Å². The van der Waals surface area contributed by atoms with Crippen LogP contribution in [0.25, 0.3) is 11.2 Å². The molecule has 0 fully saturated rings. The third kappa shape index (κ3) is 4.43. The van der Waals surface area contributed by atoms with E-state index in [-0.39, 0.29) is 23.5 Å². The molecular weight excluding hydrogens is 471 g/mol. The Morgan fingerprint density at radius 1 is 1.29 bits per heavy atom. The second-order valence-electron chi connectivity index (χ2n) is 7.49. The zero-order chi connectivity index (χ0) is 25.5. The van der Waals surface area contributed by atoms with Crippen molar-refractivity contribution in [3.63, 3.8) is 0 Å². The highest BCUT2D eigenvalue weighted by Crippen LogP contribution is 2.31. The fraction of sp³-hybridized carbons (Fsp3) is 0.238. The Kier molecular flexibility index (Phi) is 5.77. The largest absolute Gasteiger partial charge is 0.434 e. The minimum atomic E-state index is -4.82. The molecule has 0 atom stereocenters. The van der Waals surface area contributed by atoms with Crippen molar-refractivity contribution >= 4 is 22.9 Å². The molecule has 35 heavy (non-hydrogen) atoms. The number of carbonyl (C=O) groups is 1. The zero-order valence-electron chi connectivity index (χ0n) is 18.3. The quantitative estimate of drug-likeness (QED) is 0.420. The van der Waals surface area contributed by atoms with E-state index in [4.69, 9.17) is 10.9 Å². The van der Waals surface area contributed by atoms with Crippen molar-refractivity contribution in [3.05, 3.63) is 68.1 Å². The van der Waals surface area contributed by atoms with E-state index in [9.17, 15) is 27.6 Å². The summed E-state index contributed by atoms with van der Waals surface area (Å²) >= 11 is 0. The van der Waals surface area contributed by atoms with Gasteiger partial charge in [-0.3, -0.25) is 18.7 Å². The average molecular weight is 487 g/mol. The second kappa shape index (κ2) is 8.60. The van der Waals surface area contributed by atoms with Crippen molar-refractivity contribution in [2.24, 2.45) is 7.05 Å². The Morgan fingerprint density at radius 2 is 2.03 bits per heavy atom. The summed E-state index contributed by atoms with van der Waals surface area (Å²) in [6, 6.07) is 3.71. The molecule has 11 nitrogen and oxygen atoms in total. The Bertz CT molecular complexity index is 1620. The molecule has 1 amide bonds. The normalized spacial score (nSPS) is 11.5. The van der Waals surface area contributed by atoms with E-state index in [1.807, 2.05) is 5.92 Å². The van der Waals surface area contributed by atoms with Crippen LogP contribution in [0.3, 0.4) is 0 Å². The average Bonchev–Trinajstić information content (AvgIpc) is 3.40. The lowest BCUT2D eigenvalue weighted by Gasteiger charge is -2.12. The molecule has 0 aromatic carbocycles. The molecule has 0 radical (unpaired) electrons. The summed E-state index contributed by atoms with van der Waals surface area (Å²) in [5, 5.41) is 6.02. The summed E-state index contributed by atoms with van der Waals surface area (Å²) in [6.07, 6.45) is 1.44. The summed E-state index contributed by atoms with van der Waals surface area (Å²) in [5.74, 6) is 1.22. The molecule has 4 heterocycles. The predicted molar refractivity (Wildman–Crippen MR) is 115 cm³/mol. The van der Waals surface area contributed by atoms with Gasteiger partial charge in [0.05, 0.1) is 18.4 Å². The van der Waals surface area contributed by atoms with Crippen LogP contribution in [0.5, 0.6) is 0 Å². The molecule has 0 saturated carbocycles. The van der Waals surface area contributed by atoms with Crippen molar-refractivity contribution < 1.29 is 22.5 Å². The third-order valence-corrected chi connectivity index (χ3v) is 5.00. The van der Waals surface area contributed by atoms with Crippen molar-refractivity contribution in [3.8, 4) is 12.3 Å². The topological polar surface area (TPSA) is 130 Å². The van der Waals surface area contributed by atoms with Gasteiger partial charge in [0.15, 0.2) is 16.9 Å². The monoisotopic (exact) mass is 487 g/mol. The number of pyridine rings is 1. The van der Waals surface area contributed by atoms with E-state index in [0.717, 1.165) is 21.3 Å². The van der Waals surface area contributed by atoms with Crippen LogP contribution in [0.4, 0.5) is 19.0 Å². The van der Waals surface area contributed by atoms with Gasteiger partial charge in [0, 0.05) is 13.1 Å². The van der Waals surface area contributed by atoms with Gasteiger partial charge in [-0.1, -0.05) is 11.1 Å². The minimum absolute atomic E-state index is 0.0243. The van der Waals surface area contributed by atoms with Crippen molar-refractivity contribution in [2.75, 3.05) is 5.32 Å². The molecule has 180 valence electrons. The molecule has 0 bridgehead atoms. The molecule has 4 aromatic rings. The number of fused-ring (bicyclic) bond motifs is 1. The molecule has 1 N–H and O–H groups in total. The highest BCUT2D eigenvalue weighted by atomic mass is 19.4. The van der Waals surface area contributed by atoms with Gasteiger partial charge < -0.3 is 14.4 Å². The maximum Gasteiger partial charge on any atom is 0.434 e. The fourth-order valence-corrected chi connectivity index (χ4v) is 3.43. The Balaban J connectivity index is 1.66. The van der Waals surface area contributed by atoms with Gasteiger partial charge >= 0.3 is 11.9 Å². The number of nitrogens with zero attached hydrogens (tertiary/aromatic N) is 6. The van der Waals surface area contributed by atoms with Gasteiger partial charge in [-0.15, -0.1) is 6.42 Å². The first-order chi connectivity index (χ1) is 16.5. The number of anilines is 1. The van der Waals surface area contributed by atoms with Crippen molar-refractivity contribution in [1.82, 2.24) is 28.8 Å². The first kappa shape index (κ1) is 23.5.